The van der Waals surface area contributed by atoms with Gasteiger partial charge in [-0.3, -0.25) is 9.48 Å². The minimum atomic E-state index is -1.29. The molecular formula is C35H41N3O4. The molecule has 1 aromatic heterocycles. The lowest BCUT2D eigenvalue weighted by atomic mass is 9.86. The molecule has 0 saturated carbocycles. The van der Waals surface area contributed by atoms with Gasteiger partial charge in [-0.15, -0.1) is 0 Å². The predicted octanol–water partition coefficient (Wildman–Crippen LogP) is 7.16. The Morgan fingerprint density at radius 1 is 0.929 bits per heavy atom. The minimum Gasteiger partial charge on any atom is -0.478 e. The van der Waals surface area contributed by atoms with Gasteiger partial charge in [-0.05, 0) is 60.1 Å². The Bertz CT molecular complexity index is 1530. The molecular weight excluding hydrogens is 526 g/mol. The summed E-state index contributed by atoms with van der Waals surface area (Å²) in [6, 6.07) is 25.7. The van der Waals surface area contributed by atoms with Crippen molar-refractivity contribution in [1.29, 1.82) is 0 Å². The van der Waals surface area contributed by atoms with Gasteiger partial charge in [0, 0.05) is 12.1 Å². The van der Waals surface area contributed by atoms with Crippen molar-refractivity contribution >= 4 is 11.9 Å². The molecule has 0 aliphatic heterocycles. The zero-order valence-corrected chi connectivity index (χ0v) is 25.4. The van der Waals surface area contributed by atoms with Crippen LogP contribution in [0.3, 0.4) is 0 Å². The number of carboxylic acid groups (broad SMARTS) is 1. The van der Waals surface area contributed by atoms with Crippen LogP contribution in [0.15, 0.2) is 78.9 Å². The van der Waals surface area contributed by atoms with Crippen LogP contribution in [-0.4, -0.2) is 32.4 Å². The van der Waals surface area contributed by atoms with Crippen molar-refractivity contribution in [3.63, 3.8) is 0 Å². The zero-order chi connectivity index (χ0) is 30.5. The highest BCUT2D eigenvalue weighted by molar-refractivity contribution is 5.93. The van der Waals surface area contributed by atoms with E-state index in [-0.39, 0.29) is 11.3 Å². The molecule has 7 nitrogen and oxygen atoms in total. The third-order valence-corrected chi connectivity index (χ3v) is 7.44. The molecule has 1 amide bonds. The van der Waals surface area contributed by atoms with Crippen LogP contribution in [0.4, 0.5) is 0 Å². The van der Waals surface area contributed by atoms with Gasteiger partial charge in [0.05, 0.1) is 12.2 Å². The van der Waals surface area contributed by atoms with Crippen molar-refractivity contribution in [1.82, 2.24) is 15.1 Å². The first-order valence-electron chi connectivity index (χ1n) is 14.4. The maximum Gasteiger partial charge on any atom is 0.347 e. The summed E-state index contributed by atoms with van der Waals surface area (Å²) in [5, 5.41) is 17.5. The van der Waals surface area contributed by atoms with Crippen LogP contribution in [0.1, 0.15) is 80.2 Å². The molecule has 0 spiro atoms. The van der Waals surface area contributed by atoms with E-state index in [0.717, 1.165) is 27.9 Å². The van der Waals surface area contributed by atoms with Gasteiger partial charge in [0.2, 0.25) is 5.60 Å². The Labute approximate surface area is 248 Å². The number of nitrogens with zero attached hydrogens (tertiary/aromatic N) is 2. The highest BCUT2D eigenvalue weighted by Gasteiger charge is 2.35. The SMILES string of the molecule is CCCC(C)(Oc1ccc(CNC(=O)c2cc(-c3ccc(C(C)(C)C)cc3)nn2Cc2ccccc2)cc1C)C(=O)O. The quantitative estimate of drug-likeness (QED) is 0.201. The van der Waals surface area contributed by atoms with Gasteiger partial charge in [-0.25, -0.2) is 4.79 Å². The lowest BCUT2D eigenvalue weighted by Gasteiger charge is -2.27. The van der Waals surface area contributed by atoms with Crippen molar-refractivity contribution in [3.05, 3.63) is 107 Å². The van der Waals surface area contributed by atoms with Crippen molar-refractivity contribution in [2.24, 2.45) is 0 Å². The average Bonchev–Trinajstić information content (AvgIpc) is 3.37. The molecule has 0 saturated heterocycles. The number of hydrogen-bond acceptors (Lipinski definition) is 4. The second-order valence-electron chi connectivity index (χ2n) is 12.1. The van der Waals surface area contributed by atoms with Crippen LogP contribution in [0.2, 0.25) is 0 Å². The van der Waals surface area contributed by atoms with Crippen molar-refractivity contribution in [2.45, 2.75) is 78.5 Å². The van der Waals surface area contributed by atoms with E-state index in [1.54, 1.807) is 17.7 Å². The molecule has 0 fully saturated rings. The number of aryl methyl sites for hydroxylation is 1. The van der Waals surface area contributed by atoms with E-state index in [1.165, 1.54) is 5.56 Å². The number of ether oxygens (including phenoxy) is 1. The molecule has 1 atom stereocenters. The van der Waals surface area contributed by atoms with Crippen LogP contribution in [0, 0.1) is 6.92 Å². The van der Waals surface area contributed by atoms with Crippen LogP contribution in [-0.2, 0) is 23.3 Å². The van der Waals surface area contributed by atoms with E-state index in [2.05, 4.69) is 50.4 Å². The summed E-state index contributed by atoms with van der Waals surface area (Å²) in [6.45, 7) is 12.7. The lowest BCUT2D eigenvalue weighted by molar-refractivity contribution is -0.154. The van der Waals surface area contributed by atoms with Gasteiger partial charge in [0.25, 0.3) is 5.91 Å². The van der Waals surface area contributed by atoms with Crippen LogP contribution < -0.4 is 10.1 Å². The molecule has 0 radical (unpaired) electrons. The molecule has 4 aromatic rings. The maximum atomic E-state index is 13.5. The standard InChI is InChI=1S/C35H41N3O4/c1-7-19-35(6,33(40)41)42-31-18-13-26(20-24(31)2)22-36-32(39)30-21-29(27-14-16-28(17-15-27)34(3,4)5)37-38(30)23-25-11-9-8-10-12-25/h8-18,20-21H,7,19,22-23H2,1-6H3,(H,36,39)(H,40,41). The smallest absolute Gasteiger partial charge is 0.347 e. The number of nitrogens with one attached hydrogen (secondary N) is 1. The van der Waals surface area contributed by atoms with Crippen LogP contribution in [0.25, 0.3) is 11.3 Å². The number of amides is 1. The van der Waals surface area contributed by atoms with Gasteiger partial charge in [0.1, 0.15) is 11.4 Å². The molecule has 2 N–H and O–H groups in total. The molecule has 0 bridgehead atoms. The van der Waals surface area contributed by atoms with E-state index < -0.39 is 11.6 Å². The summed E-state index contributed by atoms with van der Waals surface area (Å²) < 4.78 is 7.68. The molecule has 0 aliphatic rings. The first-order chi connectivity index (χ1) is 19.9. The molecule has 7 heteroatoms. The number of aromatic nitrogens is 2. The third-order valence-electron chi connectivity index (χ3n) is 7.44. The topological polar surface area (TPSA) is 93.5 Å². The van der Waals surface area contributed by atoms with Crippen molar-refractivity contribution < 1.29 is 19.4 Å². The van der Waals surface area contributed by atoms with Crippen molar-refractivity contribution in [3.8, 4) is 17.0 Å². The summed E-state index contributed by atoms with van der Waals surface area (Å²) in [5.41, 5.74) is 4.88. The Balaban J connectivity index is 1.54. The van der Waals surface area contributed by atoms with E-state index in [0.29, 0.717) is 37.4 Å². The largest absolute Gasteiger partial charge is 0.478 e. The Morgan fingerprint density at radius 3 is 2.21 bits per heavy atom. The fourth-order valence-electron chi connectivity index (χ4n) is 4.89. The number of benzene rings is 3. The third kappa shape index (κ3) is 7.27. The molecule has 4 rings (SSSR count). The van der Waals surface area contributed by atoms with E-state index in [1.807, 2.05) is 62.4 Å². The van der Waals surface area contributed by atoms with Gasteiger partial charge in [-0.2, -0.15) is 5.10 Å². The molecule has 1 unspecified atom stereocenters. The number of carbonyl (C=O) groups is 2. The lowest BCUT2D eigenvalue weighted by Crippen LogP contribution is -2.41. The fraction of sp³-hybridized carbons (Fsp3) is 0.343. The first-order valence-corrected chi connectivity index (χ1v) is 14.4. The fourth-order valence-corrected chi connectivity index (χ4v) is 4.89. The first kappa shape index (κ1) is 30.6. The second-order valence-corrected chi connectivity index (χ2v) is 12.1. The summed E-state index contributed by atoms with van der Waals surface area (Å²) >= 11 is 0. The number of hydrogen-bond donors (Lipinski definition) is 2. The second kappa shape index (κ2) is 12.6. The number of rotatable bonds is 11. The van der Waals surface area contributed by atoms with E-state index in [4.69, 9.17) is 9.84 Å². The molecule has 1 heterocycles. The van der Waals surface area contributed by atoms with Gasteiger partial charge in [0.15, 0.2) is 0 Å². The summed E-state index contributed by atoms with van der Waals surface area (Å²) in [5.74, 6) is -0.696. The monoisotopic (exact) mass is 567 g/mol. The molecule has 3 aromatic carbocycles. The molecule has 0 aliphatic carbocycles. The predicted molar refractivity (Wildman–Crippen MR) is 166 cm³/mol. The highest BCUT2D eigenvalue weighted by atomic mass is 16.5. The number of carboxylic acids is 1. The maximum absolute atomic E-state index is 13.5. The summed E-state index contributed by atoms with van der Waals surface area (Å²) in [4.78, 5) is 25.3. The Morgan fingerprint density at radius 2 is 1.62 bits per heavy atom. The van der Waals surface area contributed by atoms with Crippen LogP contribution in [0.5, 0.6) is 5.75 Å². The Kier molecular flexibility index (Phi) is 9.20. The highest BCUT2D eigenvalue weighted by Crippen LogP contribution is 2.28. The number of aliphatic carboxylic acids is 1. The van der Waals surface area contributed by atoms with E-state index >= 15 is 0 Å². The van der Waals surface area contributed by atoms with Gasteiger partial charge >= 0.3 is 5.97 Å². The minimum absolute atomic E-state index is 0.0460. The molecule has 220 valence electrons. The van der Waals surface area contributed by atoms with Crippen LogP contribution >= 0.6 is 0 Å². The normalized spacial score (nSPS) is 12.9. The zero-order valence-electron chi connectivity index (χ0n) is 25.4. The van der Waals surface area contributed by atoms with Gasteiger partial charge in [-0.1, -0.05) is 101 Å². The van der Waals surface area contributed by atoms with Gasteiger partial charge < -0.3 is 15.2 Å². The number of carbonyl (C=O) groups excluding carboxylic acids is 1. The Hall–Kier alpha value is -4.39. The van der Waals surface area contributed by atoms with E-state index in [9.17, 15) is 14.7 Å². The summed E-state index contributed by atoms with van der Waals surface area (Å²) in [6.07, 6.45) is 1.09. The summed E-state index contributed by atoms with van der Waals surface area (Å²) in [7, 11) is 0. The van der Waals surface area contributed by atoms with Crippen molar-refractivity contribution in [2.75, 3.05) is 0 Å². The molecule has 42 heavy (non-hydrogen) atoms. The average molecular weight is 568 g/mol.